The molecule has 3 fully saturated rings. The molecule has 0 aromatic heterocycles. The fourth-order valence-corrected chi connectivity index (χ4v) is 4.66. The highest BCUT2D eigenvalue weighted by Gasteiger charge is 2.68. The molecular formula is C23H26O6. The number of benzene rings is 1. The maximum Gasteiger partial charge on any atom is 0.178 e. The zero-order valence-corrected chi connectivity index (χ0v) is 17.0. The number of carbonyl (C=O) groups is 2. The molecule has 4 atom stereocenters. The van der Waals surface area contributed by atoms with Gasteiger partial charge < -0.3 is 20.1 Å². The summed E-state index contributed by atoms with van der Waals surface area (Å²) < 4.78 is 5.16. The molecule has 6 nitrogen and oxygen atoms in total. The second-order valence-electron chi connectivity index (χ2n) is 7.96. The second kappa shape index (κ2) is 7.19. The number of carbonyl (C=O) groups excluding carboxylic acids is 2. The molecule has 1 aromatic carbocycles. The van der Waals surface area contributed by atoms with E-state index in [0.29, 0.717) is 12.0 Å². The molecule has 3 aliphatic rings. The number of ketones is 2. The van der Waals surface area contributed by atoms with Crippen molar-refractivity contribution in [1.29, 1.82) is 0 Å². The summed E-state index contributed by atoms with van der Waals surface area (Å²) >= 11 is 0. The number of aromatic hydroxyl groups is 1. The van der Waals surface area contributed by atoms with E-state index in [4.69, 9.17) is 4.74 Å². The minimum atomic E-state index is -1.77. The van der Waals surface area contributed by atoms with Gasteiger partial charge in [-0.2, -0.15) is 0 Å². The van der Waals surface area contributed by atoms with Gasteiger partial charge >= 0.3 is 0 Å². The van der Waals surface area contributed by atoms with Crippen molar-refractivity contribution in [3.8, 4) is 11.5 Å². The quantitative estimate of drug-likeness (QED) is 0.311. The molecule has 3 aliphatic carbocycles. The predicted octanol–water partition coefficient (Wildman–Crippen LogP) is 3.36. The average Bonchev–Trinajstić information content (AvgIpc) is 2.68. The number of hydrogen-bond donors (Lipinski definition) is 3. The Morgan fingerprint density at radius 1 is 1.21 bits per heavy atom. The Hall–Kier alpha value is -2.86. The Labute approximate surface area is 169 Å². The first kappa shape index (κ1) is 20.9. The van der Waals surface area contributed by atoms with Crippen molar-refractivity contribution in [2.45, 2.75) is 38.7 Å². The minimum Gasteiger partial charge on any atom is -0.508 e. The van der Waals surface area contributed by atoms with Gasteiger partial charge in [0.25, 0.3) is 0 Å². The van der Waals surface area contributed by atoms with Gasteiger partial charge in [0.15, 0.2) is 23.1 Å². The number of hydrogen-bond acceptors (Lipinski definition) is 6. The highest BCUT2D eigenvalue weighted by Crippen LogP contribution is 2.60. The summed E-state index contributed by atoms with van der Waals surface area (Å²) in [5, 5.41) is 31.4. The van der Waals surface area contributed by atoms with E-state index in [2.05, 4.69) is 0 Å². The Bertz CT molecular complexity index is 952. The molecule has 0 saturated heterocycles. The van der Waals surface area contributed by atoms with Crippen LogP contribution >= 0.6 is 0 Å². The van der Waals surface area contributed by atoms with Gasteiger partial charge in [-0.05, 0) is 51.0 Å². The number of phenols is 1. The van der Waals surface area contributed by atoms with Crippen LogP contribution in [0.15, 0.2) is 53.8 Å². The van der Waals surface area contributed by atoms with Crippen LogP contribution in [0, 0.1) is 11.3 Å². The number of fused-ring (bicyclic) bond motifs is 3. The maximum absolute atomic E-state index is 13.4. The monoisotopic (exact) mass is 398 g/mol. The average molecular weight is 398 g/mol. The topological polar surface area (TPSA) is 104 Å². The van der Waals surface area contributed by atoms with E-state index >= 15 is 0 Å². The minimum absolute atomic E-state index is 0.0423. The number of rotatable bonds is 4. The molecule has 154 valence electrons. The first-order chi connectivity index (χ1) is 13.6. The van der Waals surface area contributed by atoms with E-state index in [1.165, 1.54) is 33.1 Å². The van der Waals surface area contributed by atoms with Crippen molar-refractivity contribution in [3.05, 3.63) is 59.4 Å². The molecule has 0 spiro atoms. The Kier molecular flexibility index (Phi) is 5.17. The fraction of sp³-hybridized carbons (Fsp3) is 0.391. The molecule has 3 N–H and O–H groups in total. The number of phenolic OH excluding ortho intramolecular Hbond substituents is 1. The summed E-state index contributed by atoms with van der Waals surface area (Å²) in [7, 11) is 1.42. The zero-order chi connectivity index (χ0) is 21.6. The molecule has 29 heavy (non-hydrogen) atoms. The van der Waals surface area contributed by atoms with Crippen LogP contribution in [0.1, 0.15) is 38.7 Å². The molecule has 6 heteroatoms. The molecule has 0 aliphatic heterocycles. The lowest BCUT2D eigenvalue weighted by molar-refractivity contribution is -0.170. The van der Waals surface area contributed by atoms with E-state index in [-0.39, 0.29) is 22.8 Å². The van der Waals surface area contributed by atoms with Crippen LogP contribution in [0.25, 0.3) is 0 Å². The van der Waals surface area contributed by atoms with Crippen molar-refractivity contribution in [2.24, 2.45) is 11.3 Å². The lowest BCUT2D eigenvalue weighted by Gasteiger charge is -2.55. The summed E-state index contributed by atoms with van der Waals surface area (Å²) in [5.41, 5.74) is -2.57. The standard InChI is InChI=1S/C23H26O6/c1-5-6-7-8-17(25)19-15-12-14(13-9-10-16(24)18(11-13)29-4)22(2,20(19)26)21(27)23(15,3)28/h5-11,14-15,24-25,28H,12H2,1-4H3/b6-5+,8-7+,19-17-/t14-,15-,22+,23-/m0/s1. The van der Waals surface area contributed by atoms with Gasteiger partial charge in [0, 0.05) is 17.4 Å². The van der Waals surface area contributed by atoms with Crippen molar-refractivity contribution < 1.29 is 29.6 Å². The summed E-state index contributed by atoms with van der Waals surface area (Å²) in [6, 6.07) is 4.72. The first-order valence-electron chi connectivity index (χ1n) is 9.52. The summed E-state index contributed by atoms with van der Waals surface area (Å²) in [5.74, 6) is -2.44. The Balaban J connectivity index is 2.16. The van der Waals surface area contributed by atoms with E-state index in [0.717, 1.165) is 0 Å². The smallest absolute Gasteiger partial charge is 0.178 e. The van der Waals surface area contributed by atoms with Gasteiger partial charge in [-0.25, -0.2) is 0 Å². The van der Waals surface area contributed by atoms with Crippen molar-refractivity contribution in [1.82, 2.24) is 0 Å². The van der Waals surface area contributed by atoms with Crippen LogP contribution in [-0.2, 0) is 9.59 Å². The lowest BCUT2D eigenvalue weighted by atomic mass is 9.46. The van der Waals surface area contributed by atoms with Crippen LogP contribution < -0.4 is 4.74 Å². The van der Waals surface area contributed by atoms with Crippen molar-refractivity contribution >= 4 is 11.6 Å². The van der Waals surface area contributed by atoms with Crippen molar-refractivity contribution in [3.63, 3.8) is 0 Å². The van der Waals surface area contributed by atoms with Gasteiger partial charge in [-0.1, -0.05) is 24.3 Å². The van der Waals surface area contributed by atoms with Gasteiger partial charge in [-0.3, -0.25) is 9.59 Å². The SMILES string of the molecule is C/C=C/C=C/C(O)=C1/C(=O)[C@]2(C)C(=O)[C@@](C)(O)[C@H]1C[C@H]2c1ccc(O)c(OC)c1. The van der Waals surface area contributed by atoms with Crippen LogP contribution in [0.2, 0.25) is 0 Å². The molecular weight excluding hydrogens is 372 g/mol. The number of methoxy groups -OCH3 is 1. The summed E-state index contributed by atoms with van der Waals surface area (Å²) in [6.07, 6.45) is 6.78. The van der Waals surface area contributed by atoms with Crippen molar-refractivity contribution in [2.75, 3.05) is 7.11 Å². The number of allylic oxidation sites excluding steroid dienone is 4. The first-order valence-corrected chi connectivity index (χ1v) is 9.52. The molecule has 3 saturated carbocycles. The second-order valence-corrected chi connectivity index (χ2v) is 7.96. The Morgan fingerprint density at radius 2 is 1.90 bits per heavy atom. The molecule has 2 bridgehead atoms. The van der Waals surface area contributed by atoms with Crippen LogP contribution in [0.5, 0.6) is 11.5 Å². The van der Waals surface area contributed by atoms with E-state index in [1.807, 2.05) is 6.92 Å². The highest BCUT2D eigenvalue weighted by atomic mass is 16.5. The molecule has 0 heterocycles. The Morgan fingerprint density at radius 3 is 2.52 bits per heavy atom. The number of Topliss-reactive ketones (excluding diaryl/α,β-unsaturated/α-hetero) is 2. The van der Waals surface area contributed by atoms with Crippen LogP contribution in [0.3, 0.4) is 0 Å². The fourth-order valence-electron chi connectivity index (χ4n) is 4.66. The third-order valence-corrected chi connectivity index (χ3v) is 6.28. The number of aliphatic hydroxyl groups is 2. The predicted molar refractivity (Wildman–Crippen MR) is 108 cm³/mol. The zero-order valence-electron chi connectivity index (χ0n) is 17.0. The largest absolute Gasteiger partial charge is 0.508 e. The normalized spacial score (nSPS) is 33.7. The summed E-state index contributed by atoms with van der Waals surface area (Å²) in [6.45, 7) is 4.75. The number of ether oxygens (including phenoxy) is 1. The van der Waals surface area contributed by atoms with Crippen LogP contribution in [-0.4, -0.2) is 39.6 Å². The lowest BCUT2D eigenvalue weighted by Crippen LogP contribution is -2.66. The summed E-state index contributed by atoms with van der Waals surface area (Å²) in [4.78, 5) is 26.6. The molecule has 1 aromatic rings. The molecule has 0 unspecified atom stereocenters. The number of aliphatic hydroxyl groups excluding tert-OH is 1. The van der Waals surface area contributed by atoms with E-state index in [9.17, 15) is 24.9 Å². The van der Waals surface area contributed by atoms with E-state index < -0.39 is 34.4 Å². The third-order valence-electron chi connectivity index (χ3n) is 6.28. The molecule has 0 radical (unpaired) electrons. The van der Waals surface area contributed by atoms with Gasteiger partial charge in [0.2, 0.25) is 0 Å². The third kappa shape index (κ3) is 2.99. The molecule has 4 rings (SSSR count). The van der Waals surface area contributed by atoms with E-state index in [1.54, 1.807) is 30.4 Å². The maximum atomic E-state index is 13.4. The molecule has 0 amide bonds. The van der Waals surface area contributed by atoms with Crippen LogP contribution in [0.4, 0.5) is 0 Å². The van der Waals surface area contributed by atoms with Gasteiger partial charge in [0.05, 0.1) is 12.5 Å². The van der Waals surface area contributed by atoms with Gasteiger partial charge in [-0.15, -0.1) is 0 Å². The van der Waals surface area contributed by atoms with Gasteiger partial charge in [0.1, 0.15) is 11.4 Å². The highest BCUT2D eigenvalue weighted by molar-refractivity contribution is 6.21.